The zero-order valence-corrected chi connectivity index (χ0v) is 15.6. The molecule has 2 aromatic rings. The minimum absolute atomic E-state index is 0.0427. The lowest BCUT2D eigenvalue weighted by Gasteiger charge is -2.33. The van der Waals surface area contributed by atoms with Gasteiger partial charge in [-0.05, 0) is 31.9 Å². The van der Waals surface area contributed by atoms with Crippen LogP contribution in [0.5, 0.6) is 0 Å². The fourth-order valence-corrected chi connectivity index (χ4v) is 4.19. The molecule has 1 aromatic carbocycles. The van der Waals surface area contributed by atoms with Gasteiger partial charge in [-0.15, -0.1) is 0 Å². The van der Waals surface area contributed by atoms with E-state index in [1.807, 2.05) is 37.3 Å². The van der Waals surface area contributed by atoms with Crippen molar-refractivity contribution in [3.05, 3.63) is 36.1 Å². The lowest BCUT2D eigenvalue weighted by atomic mass is 9.96. The number of amides is 1. The first-order valence-electron chi connectivity index (χ1n) is 8.47. The third-order valence-corrected chi connectivity index (χ3v) is 6.36. The number of nitrogens with zero attached hydrogens (tertiary/aromatic N) is 2. The van der Waals surface area contributed by atoms with E-state index in [1.54, 1.807) is 11.9 Å². The zero-order chi connectivity index (χ0) is 18.2. The number of hydrogen-bond acceptors (Lipinski definition) is 4. The molecule has 2 heterocycles. The molecule has 0 radical (unpaired) electrons. The first-order chi connectivity index (χ1) is 11.8. The molecule has 0 spiro atoms. The predicted molar refractivity (Wildman–Crippen MR) is 96.5 cm³/mol. The Balaban J connectivity index is 1.68. The van der Waals surface area contributed by atoms with Gasteiger partial charge in [0.2, 0.25) is 15.9 Å². The van der Waals surface area contributed by atoms with Gasteiger partial charge in [-0.2, -0.15) is 0 Å². The highest BCUT2D eigenvalue weighted by Gasteiger charge is 2.32. The Morgan fingerprint density at radius 2 is 1.92 bits per heavy atom. The maximum atomic E-state index is 12.8. The van der Waals surface area contributed by atoms with Gasteiger partial charge in [0.25, 0.3) is 0 Å². The van der Waals surface area contributed by atoms with Crippen LogP contribution in [0, 0.1) is 5.92 Å². The quantitative estimate of drug-likeness (QED) is 0.836. The van der Waals surface area contributed by atoms with Gasteiger partial charge >= 0.3 is 0 Å². The number of benzene rings is 1. The summed E-state index contributed by atoms with van der Waals surface area (Å²) in [5.41, 5.74) is 0.812. The maximum absolute atomic E-state index is 12.8. The van der Waals surface area contributed by atoms with E-state index in [2.05, 4.69) is 0 Å². The van der Waals surface area contributed by atoms with Crippen LogP contribution >= 0.6 is 0 Å². The van der Waals surface area contributed by atoms with Crippen LogP contribution in [0.1, 0.15) is 31.6 Å². The largest absolute Gasteiger partial charge is 0.459 e. The molecule has 0 bridgehead atoms. The molecule has 136 valence electrons. The number of fused-ring (bicyclic) bond motifs is 1. The van der Waals surface area contributed by atoms with Crippen LogP contribution in [0.3, 0.4) is 0 Å². The van der Waals surface area contributed by atoms with E-state index in [9.17, 15) is 13.2 Å². The second kappa shape index (κ2) is 6.80. The molecule has 0 N–H and O–H groups in total. The second-order valence-electron chi connectivity index (χ2n) is 6.75. The Morgan fingerprint density at radius 3 is 2.52 bits per heavy atom. The Labute approximate surface area is 148 Å². The fraction of sp³-hybridized carbons (Fsp3) is 0.500. The number of para-hydroxylation sites is 1. The summed E-state index contributed by atoms with van der Waals surface area (Å²) < 4.78 is 30.5. The second-order valence-corrected chi connectivity index (χ2v) is 8.73. The molecule has 1 aliphatic rings. The van der Waals surface area contributed by atoms with Crippen LogP contribution in [0.25, 0.3) is 11.0 Å². The SMILES string of the molecule is CC(c1cc2ccccc2o1)N(C)C(=O)C1CCN(S(C)(=O)=O)CC1. The van der Waals surface area contributed by atoms with Gasteiger partial charge in [0.15, 0.2) is 0 Å². The van der Waals surface area contributed by atoms with Crippen molar-refractivity contribution in [2.45, 2.75) is 25.8 Å². The van der Waals surface area contributed by atoms with Crippen LogP contribution in [0.2, 0.25) is 0 Å². The van der Waals surface area contributed by atoms with Crippen LogP contribution in [0.15, 0.2) is 34.7 Å². The highest BCUT2D eigenvalue weighted by atomic mass is 32.2. The minimum Gasteiger partial charge on any atom is -0.459 e. The lowest BCUT2D eigenvalue weighted by Crippen LogP contribution is -2.43. The average Bonchev–Trinajstić information content (AvgIpc) is 3.03. The predicted octanol–water partition coefficient (Wildman–Crippen LogP) is 2.62. The van der Waals surface area contributed by atoms with E-state index in [1.165, 1.54) is 10.6 Å². The van der Waals surface area contributed by atoms with E-state index in [-0.39, 0.29) is 17.9 Å². The summed E-state index contributed by atoms with van der Waals surface area (Å²) in [7, 11) is -1.40. The van der Waals surface area contributed by atoms with Gasteiger partial charge < -0.3 is 9.32 Å². The Bertz CT molecular complexity index is 833. The fourth-order valence-electron chi connectivity index (χ4n) is 3.31. The van der Waals surface area contributed by atoms with Crippen molar-refractivity contribution in [1.82, 2.24) is 9.21 Å². The average molecular weight is 364 g/mol. The summed E-state index contributed by atoms with van der Waals surface area (Å²) in [4.78, 5) is 14.5. The maximum Gasteiger partial charge on any atom is 0.226 e. The molecule has 1 fully saturated rings. The molecule has 0 saturated carbocycles. The number of piperidine rings is 1. The molecule has 1 amide bonds. The molecule has 1 aromatic heterocycles. The summed E-state index contributed by atoms with van der Waals surface area (Å²) in [6.07, 6.45) is 2.33. The van der Waals surface area contributed by atoms with Crippen LogP contribution in [0.4, 0.5) is 0 Å². The van der Waals surface area contributed by atoms with Gasteiger partial charge in [0.1, 0.15) is 11.3 Å². The molecule has 3 rings (SSSR count). The third-order valence-electron chi connectivity index (χ3n) is 5.06. The van der Waals surface area contributed by atoms with Crippen LogP contribution in [-0.2, 0) is 14.8 Å². The molecule has 25 heavy (non-hydrogen) atoms. The number of carbonyl (C=O) groups excluding carboxylic acids is 1. The van der Waals surface area contributed by atoms with E-state index in [0.29, 0.717) is 25.9 Å². The van der Waals surface area contributed by atoms with Crippen molar-refractivity contribution in [2.75, 3.05) is 26.4 Å². The molecule has 1 atom stereocenters. The smallest absolute Gasteiger partial charge is 0.226 e. The highest BCUT2D eigenvalue weighted by molar-refractivity contribution is 7.88. The van der Waals surface area contributed by atoms with Gasteiger partial charge in [-0.25, -0.2) is 12.7 Å². The standard InChI is InChI=1S/C18H24N2O4S/c1-13(17-12-15-6-4-5-7-16(15)24-17)19(2)18(21)14-8-10-20(11-9-14)25(3,22)23/h4-7,12-14H,8-11H2,1-3H3. The number of sulfonamides is 1. The van der Waals surface area contributed by atoms with Crippen LogP contribution < -0.4 is 0 Å². The van der Waals surface area contributed by atoms with Crippen molar-refractivity contribution in [2.24, 2.45) is 5.92 Å². The van der Waals surface area contributed by atoms with Crippen molar-refractivity contribution >= 4 is 26.9 Å². The lowest BCUT2D eigenvalue weighted by molar-refractivity contribution is -0.137. The van der Waals surface area contributed by atoms with E-state index in [0.717, 1.165) is 16.7 Å². The Hall–Kier alpha value is -1.86. The molecular weight excluding hydrogens is 340 g/mol. The van der Waals surface area contributed by atoms with Crippen molar-refractivity contribution in [3.8, 4) is 0 Å². The summed E-state index contributed by atoms with van der Waals surface area (Å²) in [5, 5.41) is 1.02. The number of hydrogen-bond donors (Lipinski definition) is 0. The van der Waals surface area contributed by atoms with Crippen LogP contribution in [-0.4, -0.2) is 49.9 Å². The molecule has 7 heteroatoms. The third kappa shape index (κ3) is 3.72. The Morgan fingerprint density at radius 1 is 1.28 bits per heavy atom. The number of furan rings is 1. The van der Waals surface area contributed by atoms with Gasteiger partial charge in [-0.3, -0.25) is 4.79 Å². The van der Waals surface area contributed by atoms with E-state index in [4.69, 9.17) is 4.42 Å². The summed E-state index contributed by atoms with van der Waals surface area (Å²) in [6.45, 7) is 2.76. The highest BCUT2D eigenvalue weighted by Crippen LogP contribution is 2.29. The van der Waals surface area contributed by atoms with Crippen molar-refractivity contribution in [1.29, 1.82) is 0 Å². The molecule has 0 aliphatic carbocycles. The Kier molecular flexibility index (Phi) is 4.88. The van der Waals surface area contributed by atoms with E-state index < -0.39 is 10.0 Å². The molecular formula is C18H24N2O4S. The molecule has 6 nitrogen and oxygen atoms in total. The summed E-state index contributed by atoms with van der Waals surface area (Å²) >= 11 is 0. The first kappa shape index (κ1) is 17.9. The number of rotatable bonds is 4. The summed E-state index contributed by atoms with van der Waals surface area (Å²) in [5.74, 6) is 0.654. The first-order valence-corrected chi connectivity index (χ1v) is 10.3. The van der Waals surface area contributed by atoms with Crippen molar-refractivity contribution in [3.63, 3.8) is 0 Å². The van der Waals surface area contributed by atoms with Gasteiger partial charge in [0.05, 0.1) is 12.3 Å². The molecule has 1 aliphatic heterocycles. The molecule has 1 saturated heterocycles. The van der Waals surface area contributed by atoms with Gasteiger partial charge in [0, 0.05) is 31.4 Å². The topological polar surface area (TPSA) is 70.8 Å². The van der Waals surface area contributed by atoms with E-state index >= 15 is 0 Å². The normalized spacial score (nSPS) is 18.4. The van der Waals surface area contributed by atoms with Crippen molar-refractivity contribution < 1.29 is 17.6 Å². The number of carbonyl (C=O) groups is 1. The molecule has 1 unspecified atom stereocenters. The monoisotopic (exact) mass is 364 g/mol. The minimum atomic E-state index is -3.18. The zero-order valence-electron chi connectivity index (χ0n) is 14.8. The van der Waals surface area contributed by atoms with Gasteiger partial charge in [-0.1, -0.05) is 18.2 Å². The summed E-state index contributed by atoms with van der Waals surface area (Å²) in [6, 6.07) is 9.57.